The van der Waals surface area contributed by atoms with Crippen LogP contribution in [0.5, 0.6) is 0 Å². The third-order valence-electron chi connectivity index (χ3n) is 10.1. The van der Waals surface area contributed by atoms with Crippen LogP contribution in [-0.4, -0.2) is 14.1 Å². The Hall–Kier alpha value is -7.22. The molecule has 0 fully saturated rings. The number of aromatic nitrogens is 3. The molecule has 0 aliphatic heterocycles. The van der Waals surface area contributed by atoms with Crippen molar-refractivity contribution in [1.82, 2.24) is 14.1 Å². The topological polar surface area (TPSA) is 27.1 Å². The number of para-hydroxylation sites is 3. The second-order valence-corrected chi connectivity index (χ2v) is 13.1. The molecule has 0 amide bonds. The molecule has 0 saturated heterocycles. The van der Waals surface area contributed by atoms with Crippen LogP contribution in [0.2, 0.25) is 0 Å². The van der Waals surface area contributed by atoms with Gasteiger partial charge in [-0.05, 0) is 54.1 Å². The van der Waals surface area contributed by atoms with E-state index in [-0.39, 0.29) is 0 Å². The molecule has 10 aromatic rings. The Morgan fingerprint density at radius 1 is 0.442 bits per heavy atom. The maximum atomic E-state index is 7.50. The van der Waals surface area contributed by atoms with Gasteiger partial charge >= 0.3 is 0 Å². The van der Waals surface area contributed by atoms with Gasteiger partial charge in [-0.1, -0.05) is 133 Å². The van der Waals surface area contributed by atoms with Crippen LogP contribution < -0.4 is 0 Å². The molecule has 0 aliphatic rings. The first-order chi connectivity index (χ1) is 25.8. The van der Waals surface area contributed by atoms with E-state index in [0.29, 0.717) is 5.69 Å². The van der Waals surface area contributed by atoms with Gasteiger partial charge in [0, 0.05) is 43.9 Å². The van der Waals surface area contributed by atoms with Gasteiger partial charge < -0.3 is 9.13 Å². The van der Waals surface area contributed by atoms with E-state index >= 15 is 0 Å². The van der Waals surface area contributed by atoms with E-state index in [4.69, 9.17) is 11.6 Å². The lowest BCUT2D eigenvalue weighted by molar-refractivity contribution is 1.17. The van der Waals surface area contributed by atoms with Crippen molar-refractivity contribution in [1.29, 1.82) is 0 Å². The SMILES string of the molecule is [C-]#[N+]c1ccc(-n2c3ccccc3c3c2ccc2c4ccccc4n(-c4ccccc4-c4cc(-c5ccccc5)nc(-c5ccccc5)c4)c23)cc1. The van der Waals surface area contributed by atoms with Crippen LogP contribution in [0.25, 0.3) is 93.5 Å². The Kier molecular flexibility index (Phi) is 6.84. The molecule has 0 N–H and O–H groups in total. The van der Waals surface area contributed by atoms with Crippen molar-refractivity contribution in [2.45, 2.75) is 0 Å². The first-order valence-corrected chi connectivity index (χ1v) is 17.4. The second-order valence-electron chi connectivity index (χ2n) is 13.1. The summed E-state index contributed by atoms with van der Waals surface area (Å²) in [5, 5.41) is 4.78. The van der Waals surface area contributed by atoms with Gasteiger partial charge in [0.25, 0.3) is 0 Å². The first kappa shape index (κ1) is 29.7. The van der Waals surface area contributed by atoms with Crippen molar-refractivity contribution in [2.75, 3.05) is 0 Å². The fraction of sp³-hybridized carbons (Fsp3) is 0. The van der Waals surface area contributed by atoms with Crippen LogP contribution in [0.15, 0.2) is 182 Å². The molecule has 0 radical (unpaired) electrons. The quantitative estimate of drug-likeness (QED) is 0.169. The zero-order valence-electron chi connectivity index (χ0n) is 28.1. The fourth-order valence-corrected chi connectivity index (χ4v) is 7.83. The molecule has 0 spiro atoms. The predicted octanol–water partition coefficient (Wildman–Crippen LogP) is 12.8. The van der Waals surface area contributed by atoms with E-state index in [9.17, 15) is 0 Å². The Morgan fingerprint density at radius 2 is 1.02 bits per heavy atom. The summed E-state index contributed by atoms with van der Waals surface area (Å²) in [5.41, 5.74) is 13.6. The van der Waals surface area contributed by atoms with E-state index in [0.717, 1.165) is 61.6 Å². The molecule has 0 atom stereocenters. The molecule has 7 aromatic carbocycles. The van der Waals surface area contributed by atoms with Crippen LogP contribution >= 0.6 is 0 Å². The maximum Gasteiger partial charge on any atom is 0.187 e. The van der Waals surface area contributed by atoms with Crippen molar-refractivity contribution < 1.29 is 0 Å². The molecule has 0 bridgehead atoms. The Labute approximate surface area is 300 Å². The van der Waals surface area contributed by atoms with Gasteiger partial charge in [0.2, 0.25) is 0 Å². The molecule has 3 aromatic heterocycles. The average molecular weight is 663 g/mol. The molecule has 52 heavy (non-hydrogen) atoms. The number of hydrogen-bond donors (Lipinski definition) is 0. The van der Waals surface area contributed by atoms with Gasteiger partial charge in [0.05, 0.1) is 45.7 Å². The largest absolute Gasteiger partial charge is 0.309 e. The van der Waals surface area contributed by atoms with E-state index < -0.39 is 0 Å². The number of benzene rings is 7. The summed E-state index contributed by atoms with van der Waals surface area (Å²) in [5.74, 6) is 0. The predicted molar refractivity (Wildman–Crippen MR) is 215 cm³/mol. The molecule has 3 heterocycles. The third-order valence-corrected chi connectivity index (χ3v) is 10.1. The van der Waals surface area contributed by atoms with Crippen molar-refractivity contribution >= 4 is 49.3 Å². The van der Waals surface area contributed by atoms with E-state index in [1.807, 2.05) is 36.4 Å². The zero-order chi connectivity index (χ0) is 34.6. The van der Waals surface area contributed by atoms with Crippen LogP contribution in [0, 0.1) is 6.57 Å². The monoisotopic (exact) mass is 662 g/mol. The Morgan fingerprint density at radius 3 is 1.69 bits per heavy atom. The van der Waals surface area contributed by atoms with Gasteiger partial charge in [-0.3, -0.25) is 0 Å². The molecule has 242 valence electrons. The van der Waals surface area contributed by atoms with Crippen molar-refractivity contribution in [3.63, 3.8) is 0 Å². The Balaban J connectivity index is 1.31. The maximum absolute atomic E-state index is 7.50. The molecule has 0 aliphatic carbocycles. The summed E-state index contributed by atoms with van der Waals surface area (Å²) in [4.78, 5) is 8.82. The highest BCUT2D eigenvalue weighted by atomic mass is 15.0. The number of rotatable bonds is 5. The summed E-state index contributed by atoms with van der Waals surface area (Å²) in [7, 11) is 0. The minimum atomic E-state index is 0.630. The van der Waals surface area contributed by atoms with E-state index in [2.05, 4.69) is 160 Å². The molecule has 0 unspecified atom stereocenters. The van der Waals surface area contributed by atoms with E-state index in [1.165, 1.54) is 27.1 Å². The molecular formula is C48H30N4. The van der Waals surface area contributed by atoms with Crippen molar-refractivity contribution in [3.05, 3.63) is 193 Å². The summed E-state index contributed by atoms with van der Waals surface area (Å²) in [6, 6.07) is 63.9. The van der Waals surface area contributed by atoms with Crippen molar-refractivity contribution in [2.24, 2.45) is 0 Å². The van der Waals surface area contributed by atoms with Crippen LogP contribution in [0.1, 0.15) is 0 Å². The minimum absolute atomic E-state index is 0.630. The summed E-state index contributed by atoms with van der Waals surface area (Å²) in [6.07, 6.45) is 0. The summed E-state index contributed by atoms with van der Waals surface area (Å²) < 4.78 is 4.79. The molecule has 4 heteroatoms. The standard InChI is InChI=1S/C48H30N4/c1-49-35-24-26-36(27-25-35)51-45-23-13-10-20-40(45)47-46(51)29-28-39-38-19-9-12-22-44(38)52(48(39)47)43-21-11-8-18-37(43)34-30-41(32-14-4-2-5-15-32)50-42(31-34)33-16-6-3-7-17-33/h2-31H. The van der Waals surface area contributed by atoms with Crippen LogP contribution in [0.4, 0.5) is 5.69 Å². The normalized spacial score (nSPS) is 11.4. The van der Waals surface area contributed by atoms with Gasteiger partial charge in [-0.15, -0.1) is 0 Å². The van der Waals surface area contributed by atoms with E-state index in [1.54, 1.807) is 0 Å². The van der Waals surface area contributed by atoms with Gasteiger partial charge in [-0.25, -0.2) is 9.83 Å². The smallest absolute Gasteiger partial charge is 0.187 e. The lowest BCUT2D eigenvalue weighted by atomic mass is 9.98. The van der Waals surface area contributed by atoms with Gasteiger partial charge in [0.1, 0.15) is 0 Å². The lowest BCUT2D eigenvalue weighted by Gasteiger charge is -2.16. The molecular weight excluding hydrogens is 633 g/mol. The first-order valence-electron chi connectivity index (χ1n) is 17.4. The zero-order valence-corrected chi connectivity index (χ0v) is 28.1. The summed E-state index contributed by atoms with van der Waals surface area (Å²) in [6.45, 7) is 7.50. The summed E-state index contributed by atoms with van der Waals surface area (Å²) >= 11 is 0. The highest BCUT2D eigenvalue weighted by Crippen LogP contribution is 2.44. The van der Waals surface area contributed by atoms with Crippen molar-refractivity contribution in [3.8, 4) is 45.0 Å². The number of hydrogen-bond acceptors (Lipinski definition) is 1. The second kappa shape index (κ2) is 12.0. The van der Waals surface area contributed by atoms with Gasteiger partial charge in [-0.2, -0.15) is 0 Å². The third kappa shape index (κ3) is 4.65. The van der Waals surface area contributed by atoms with Crippen LogP contribution in [0.3, 0.4) is 0 Å². The number of fused-ring (bicyclic) bond motifs is 7. The Bertz CT molecular complexity index is 2940. The minimum Gasteiger partial charge on any atom is -0.309 e. The molecule has 0 saturated carbocycles. The molecule has 4 nitrogen and oxygen atoms in total. The fourth-order valence-electron chi connectivity index (χ4n) is 7.83. The highest BCUT2D eigenvalue weighted by molar-refractivity contribution is 6.26. The van der Waals surface area contributed by atoms with Crippen LogP contribution in [-0.2, 0) is 0 Å². The van der Waals surface area contributed by atoms with Gasteiger partial charge in [0.15, 0.2) is 5.69 Å². The average Bonchev–Trinajstić information content (AvgIpc) is 3.74. The highest BCUT2D eigenvalue weighted by Gasteiger charge is 2.22. The number of nitrogens with zero attached hydrogens (tertiary/aromatic N) is 4. The number of pyridine rings is 1. The lowest BCUT2D eigenvalue weighted by Crippen LogP contribution is -1.99. The molecule has 10 rings (SSSR count).